The van der Waals surface area contributed by atoms with Gasteiger partial charge in [0.05, 0.1) is 0 Å². The van der Waals surface area contributed by atoms with Crippen molar-refractivity contribution in [2.24, 2.45) is 11.8 Å². The minimum absolute atomic E-state index is 0.0157. The van der Waals surface area contributed by atoms with Gasteiger partial charge in [-0.1, -0.05) is 133 Å². The van der Waals surface area contributed by atoms with Crippen LogP contribution >= 0.6 is 14.3 Å². The number of fused-ring (bicyclic) bond motifs is 2. The lowest BCUT2D eigenvalue weighted by Gasteiger charge is -2.28. The van der Waals surface area contributed by atoms with Crippen molar-refractivity contribution in [3.8, 4) is 0 Å². The Morgan fingerprint density at radius 2 is 0.686 bits per heavy atom. The van der Waals surface area contributed by atoms with E-state index < -0.39 is 14.3 Å². The van der Waals surface area contributed by atoms with Gasteiger partial charge in [0.1, 0.15) is 0 Å². The van der Waals surface area contributed by atoms with Gasteiger partial charge in [-0.2, -0.15) is 0 Å². The van der Waals surface area contributed by atoms with Gasteiger partial charge in [-0.15, -0.1) is 0 Å². The molecule has 2 atom stereocenters. The summed E-state index contributed by atoms with van der Waals surface area (Å²) in [6, 6.07) is 39.3. The van der Waals surface area contributed by atoms with Gasteiger partial charge >= 0.3 is 0 Å². The Labute approximate surface area is 206 Å². The fraction of sp³-hybridized carbons (Fsp3) is 0.0968. The van der Waals surface area contributed by atoms with Gasteiger partial charge < -0.3 is 9.13 Å². The third-order valence-electron chi connectivity index (χ3n) is 7.22. The number of rotatable bonds is 6. The summed E-state index contributed by atoms with van der Waals surface area (Å²) < 4.78 is 29.9. The Balaban J connectivity index is 1.48. The molecule has 2 bridgehead atoms. The molecule has 4 aromatic rings. The van der Waals surface area contributed by atoms with Gasteiger partial charge in [-0.3, -0.25) is 0 Å². The zero-order chi connectivity index (χ0) is 23.9. The van der Waals surface area contributed by atoms with Crippen LogP contribution in [0.15, 0.2) is 144 Å². The molecule has 0 saturated heterocycles. The molecule has 2 nitrogen and oxygen atoms in total. The largest absolute Gasteiger partial charge is 0.309 e. The minimum atomic E-state index is -3.01. The number of benzene rings is 4. The normalized spacial score (nSPS) is 19.3. The Morgan fingerprint density at radius 3 is 0.914 bits per heavy atom. The van der Waals surface area contributed by atoms with Crippen molar-refractivity contribution in [1.29, 1.82) is 0 Å². The van der Waals surface area contributed by atoms with E-state index in [4.69, 9.17) is 0 Å². The predicted octanol–water partition coefficient (Wildman–Crippen LogP) is 6.43. The first kappa shape index (κ1) is 22.3. The van der Waals surface area contributed by atoms with E-state index in [2.05, 4.69) is 12.2 Å². The molecule has 0 spiro atoms. The first-order valence-corrected chi connectivity index (χ1v) is 15.4. The molecule has 6 rings (SSSR count). The second-order valence-corrected chi connectivity index (χ2v) is 14.7. The molecule has 0 radical (unpaired) electrons. The quantitative estimate of drug-likeness (QED) is 0.291. The molecule has 0 N–H and O–H groups in total. The number of hydrogen-bond acceptors (Lipinski definition) is 2. The molecule has 2 aliphatic rings. The van der Waals surface area contributed by atoms with Gasteiger partial charge in [0.2, 0.25) is 0 Å². The van der Waals surface area contributed by atoms with Crippen molar-refractivity contribution in [2.45, 2.75) is 6.42 Å². The number of hydrogen-bond donors (Lipinski definition) is 0. The third kappa shape index (κ3) is 3.56. The summed E-state index contributed by atoms with van der Waals surface area (Å²) in [7, 11) is -6.02. The molecule has 0 amide bonds. The maximum Gasteiger partial charge on any atom is 0.167 e. The third-order valence-corrected chi connectivity index (χ3v) is 13.7. The van der Waals surface area contributed by atoms with Crippen LogP contribution in [0.3, 0.4) is 0 Å². The van der Waals surface area contributed by atoms with Gasteiger partial charge in [0, 0.05) is 43.7 Å². The maximum atomic E-state index is 14.9. The van der Waals surface area contributed by atoms with E-state index in [0.29, 0.717) is 0 Å². The Kier molecular flexibility index (Phi) is 5.60. The highest BCUT2D eigenvalue weighted by Gasteiger charge is 2.48. The lowest BCUT2D eigenvalue weighted by Crippen LogP contribution is -2.21. The summed E-state index contributed by atoms with van der Waals surface area (Å²) >= 11 is 0. The van der Waals surface area contributed by atoms with Crippen LogP contribution in [0.25, 0.3) is 0 Å². The first-order valence-electron chi connectivity index (χ1n) is 12.0. The van der Waals surface area contributed by atoms with Crippen molar-refractivity contribution in [3.63, 3.8) is 0 Å². The van der Waals surface area contributed by atoms with Crippen molar-refractivity contribution in [2.75, 3.05) is 0 Å². The average Bonchev–Trinajstić information content (AvgIpc) is 3.56. The molecule has 0 saturated carbocycles. The second kappa shape index (κ2) is 8.80. The van der Waals surface area contributed by atoms with Crippen LogP contribution in [0, 0.1) is 11.8 Å². The van der Waals surface area contributed by atoms with E-state index in [9.17, 15) is 9.13 Å². The highest BCUT2D eigenvalue weighted by Crippen LogP contribution is 2.67. The molecule has 35 heavy (non-hydrogen) atoms. The summed E-state index contributed by atoms with van der Waals surface area (Å²) in [6.45, 7) is 0. The van der Waals surface area contributed by atoms with Gasteiger partial charge in [0.25, 0.3) is 0 Å². The van der Waals surface area contributed by atoms with Crippen LogP contribution < -0.4 is 21.2 Å². The maximum absolute atomic E-state index is 14.9. The number of allylic oxidation sites excluding steroid dienone is 4. The SMILES string of the molecule is O=P(C1=C[C@@H]2C[C@H]1C=C2P(=O)(c1ccccc1)c1ccccc1)(c1ccccc1)c1ccccc1. The fourth-order valence-electron chi connectivity index (χ4n) is 5.60. The van der Waals surface area contributed by atoms with Crippen LogP contribution in [0.5, 0.6) is 0 Å². The fourth-order valence-corrected chi connectivity index (χ4v) is 11.8. The molecule has 2 aliphatic carbocycles. The molecule has 172 valence electrons. The minimum Gasteiger partial charge on any atom is -0.309 e. The molecule has 0 fully saturated rings. The van der Waals surface area contributed by atoms with E-state index in [1.165, 1.54) is 0 Å². The first-order chi connectivity index (χ1) is 17.1. The van der Waals surface area contributed by atoms with Crippen LogP contribution in [0.2, 0.25) is 0 Å². The molecular weight excluding hydrogens is 466 g/mol. The van der Waals surface area contributed by atoms with Gasteiger partial charge in [-0.05, 0) is 6.42 Å². The zero-order valence-corrected chi connectivity index (χ0v) is 21.1. The Morgan fingerprint density at radius 1 is 0.429 bits per heavy atom. The van der Waals surface area contributed by atoms with E-state index in [-0.39, 0.29) is 11.8 Å². The van der Waals surface area contributed by atoms with Gasteiger partial charge in [-0.25, -0.2) is 0 Å². The molecule has 4 aromatic carbocycles. The average molecular weight is 492 g/mol. The van der Waals surface area contributed by atoms with E-state index in [1.807, 2.05) is 121 Å². The highest BCUT2D eigenvalue weighted by atomic mass is 31.2. The van der Waals surface area contributed by atoms with E-state index >= 15 is 0 Å². The summed E-state index contributed by atoms with van der Waals surface area (Å²) in [5.41, 5.74) is 0. The van der Waals surface area contributed by atoms with Crippen molar-refractivity contribution >= 4 is 35.5 Å². The van der Waals surface area contributed by atoms with Crippen molar-refractivity contribution in [1.82, 2.24) is 0 Å². The van der Waals surface area contributed by atoms with Crippen molar-refractivity contribution in [3.05, 3.63) is 144 Å². The smallest absolute Gasteiger partial charge is 0.167 e. The standard InChI is InChI=1S/C31H26O2P2/c32-34(26-13-5-1-6-14-26,27-15-7-2-8-16-27)30-22-25-21-24(30)23-31(25)35(33,28-17-9-3-10-18-28)29-19-11-4-12-20-29/h1-20,22-25H,21H2/t24-,25-/m0/s1. The van der Waals surface area contributed by atoms with E-state index in [1.54, 1.807) is 0 Å². The van der Waals surface area contributed by atoms with Crippen LogP contribution in [0.1, 0.15) is 6.42 Å². The van der Waals surface area contributed by atoms with Crippen LogP contribution in [-0.2, 0) is 9.13 Å². The molecule has 4 heteroatoms. The zero-order valence-electron chi connectivity index (χ0n) is 19.3. The Bertz CT molecular complexity index is 1300. The summed E-state index contributed by atoms with van der Waals surface area (Å²) in [6.07, 6.45) is 5.19. The van der Waals surface area contributed by atoms with Crippen molar-refractivity contribution < 1.29 is 9.13 Å². The van der Waals surface area contributed by atoms with E-state index in [0.717, 1.165) is 38.3 Å². The highest BCUT2D eigenvalue weighted by molar-refractivity contribution is 7.83. The molecule has 0 aromatic heterocycles. The summed E-state index contributed by atoms with van der Waals surface area (Å²) in [5.74, 6) is 0.0315. The monoisotopic (exact) mass is 492 g/mol. The molecular formula is C31H26O2P2. The Hall–Kier alpha value is -3.18. The lowest BCUT2D eigenvalue weighted by atomic mass is 10.2. The molecule has 0 heterocycles. The van der Waals surface area contributed by atoms with Crippen LogP contribution in [0.4, 0.5) is 0 Å². The predicted molar refractivity (Wildman–Crippen MR) is 147 cm³/mol. The summed E-state index contributed by atoms with van der Waals surface area (Å²) in [4.78, 5) is 0. The topological polar surface area (TPSA) is 34.1 Å². The second-order valence-electron chi connectivity index (χ2n) is 9.19. The van der Waals surface area contributed by atoms with Gasteiger partial charge in [0.15, 0.2) is 14.3 Å². The lowest BCUT2D eigenvalue weighted by molar-refractivity contribution is 0.587. The molecule has 0 unspecified atom stereocenters. The molecule has 0 aliphatic heterocycles. The summed E-state index contributed by atoms with van der Waals surface area (Å²) in [5, 5.41) is 5.39. The van der Waals surface area contributed by atoms with Crippen LogP contribution in [-0.4, -0.2) is 0 Å².